The summed E-state index contributed by atoms with van der Waals surface area (Å²) in [5.41, 5.74) is 1.12. The van der Waals surface area contributed by atoms with Crippen molar-refractivity contribution in [2.24, 2.45) is 0 Å². The van der Waals surface area contributed by atoms with E-state index in [0.29, 0.717) is 13.1 Å². The highest BCUT2D eigenvalue weighted by Gasteiger charge is 2.47. The van der Waals surface area contributed by atoms with E-state index in [1.54, 1.807) is 30.5 Å². The Labute approximate surface area is 202 Å². The summed E-state index contributed by atoms with van der Waals surface area (Å²) in [5.74, 6) is -0.409. The number of anilines is 1. The number of hydrogen-bond donors (Lipinski definition) is 3. The number of pyridine rings is 1. The third-order valence-corrected chi connectivity index (χ3v) is 5.99. The minimum absolute atomic E-state index is 0.0730. The van der Waals surface area contributed by atoms with Crippen LogP contribution in [0.4, 0.5) is 19.0 Å². The first kappa shape index (κ1) is 24.7. The van der Waals surface area contributed by atoms with Gasteiger partial charge in [-0.1, -0.05) is 36.4 Å². The molecule has 186 valence electrons. The number of halogens is 3. The van der Waals surface area contributed by atoms with E-state index >= 15 is 0 Å². The molecule has 0 aliphatic carbocycles. The first-order valence-electron chi connectivity index (χ1n) is 11.5. The number of nitrogens with zero attached hydrogens (tertiary/aromatic N) is 3. The van der Waals surface area contributed by atoms with Crippen LogP contribution in [-0.4, -0.2) is 45.5 Å². The SMILES string of the molecule is CC(C)(CNCCc1ccccn1)NC(=O)c1cnn2c1NC(c1ccccc1)CC2C(F)(F)F. The molecule has 2 atom stereocenters. The molecule has 3 heterocycles. The average molecular weight is 487 g/mol. The molecular weight excluding hydrogens is 457 g/mol. The van der Waals surface area contributed by atoms with Gasteiger partial charge in [0.05, 0.1) is 12.2 Å². The molecule has 10 heteroatoms. The van der Waals surface area contributed by atoms with E-state index in [1.165, 1.54) is 6.20 Å². The third-order valence-electron chi connectivity index (χ3n) is 5.99. The highest BCUT2D eigenvalue weighted by atomic mass is 19.4. The van der Waals surface area contributed by atoms with Gasteiger partial charge in [0.25, 0.3) is 5.91 Å². The van der Waals surface area contributed by atoms with E-state index < -0.39 is 29.7 Å². The number of carbonyl (C=O) groups is 1. The number of fused-ring (bicyclic) bond motifs is 1. The van der Waals surface area contributed by atoms with Crippen LogP contribution in [0.5, 0.6) is 0 Å². The van der Waals surface area contributed by atoms with Crippen molar-refractivity contribution in [3.63, 3.8) is 0 Å². The molecular formula is C25H29F3N6O. The molecule has 1 aliphatic heterocycles. The molecule has 1 aromatic carbocycles. The van der Waals surface area contributed by atoms with Gasteiger partial charge in [0.2, 0.25) is 0 Å². The molecule has 4 rings (SSSR count). The second-order valence-corrected chi connectivity index (χ2v) is 9.34. The van der Waals surface area contributed by atoms with Crippen LogP contribution < -0.4 is 16.0 Å². The summed E-state index contributed by atoms with van der Waals surface area (Å²) < 4.78 is 42.5. The summed E-state index contributed by atoms with van der Waals surface area (Å²) in [6.07, 6.45) is -1.03. The summed E-state index contributed by atoms with van der Waals surface area (Å²) in [6, 6.07) is 12.2. The van der Waals surface area contributed by atoms with Crippen molar-refractivity contribution in [2.75, 3.05) is 18.4 Å². The maximum atomic E-state index is 13.9. The van der Waals surface area contributed by atoms with Crippen molar-refractivity contribution < 1.29 is 18.0 Å². The lowest BCUT2D eigenvalue weighted by molar-refractivity contribution is -0.173. The zero-order chi connectivity index (χ0) is 25.1. The molecule has 3 aromatic rings. The molecule has 1 aliphatic rings. The van der Waals surface area contributed by atoms with Gasteiger partial charge in [0, 0.05) is 43.4 Å². The second-order valence-electron chi connectivity index (χ2n) is 9.34. The fourth-order valence-electron chi connectivity index (χ4n) is 4.21. The molecule has 0 spiro atoms. The summed E-state index contributed by atoms with van der Waals surface area (Å²) in [4.78, 5) is 17.4. The molecule has 1 amide bonds. The second kappa shape index (κ2) is 10.1. The van der Waals surface area contributed by atoms with E-state index in [1.807, 2.05) is 38.1 Å². The molecule has 2 unspecified atom stereocenters. The van der Waals surface area contributed by atoms with Gasteiger partial charge in [-0.3, -0.25) is 9.78 Å². The summed E-state index contributed by atoms with van der Waals surface area (Å²) >= 11 is 0. The lowest BCUT2D eigenvalue weighted by Gasteiger charge is -2.34. The van der Waals surface area contributed by atoms with Gasteiger partial charge in [-0.15, -0.1) is 0 Å². The zero-order valence-corrected chi connectivity index (χ0v) is 19.6. The molecule has 3 N–H and O–H groups in total. The van der Waals surface area contributed by atoms with Crippen LogP contribution in [0.25, 0.3) is 0 Å². The van der Waals surface area contributed by atoms with Crippen LogP contribution in [0.15, 0.2) is 60.9 Å². The first-order chi connectivity index (χ1) is 16.6. The number of carbonyl (C=O) groups excluding carboxylic acids is 1. The van der Waals surface area contributed by atoms with Crippen molar-refractivity contribution in [1.29, 1.82) is 0 Å². The largest absolute Gasteiger partial charge is 0.410 e. The van der Waals surface area contributed by atoms with Gasteiger partial charge in [-0.25, -0.2) is 4.68 Å². The van der Waals surface area contributed by atoms with Gasteiger partial charge < -0.3 is 16.0 Å². The Morgan fingerprint density at radius 3 is 2.57 bits per heavy atom. The van der Waals surface area contributed by atoms with E-state index in [9.17, 15) is 18.0 Å². The van der Waals surface area contributed by atoms with E-state index in [-0.39, 0.29) is 17.8 Å². The van der Waals surface area contributed by atoms with Crippen LogP contribution in [0.2, 0.25) is 0 Å². The van der Waals surface area contributed by atoms with E-state index in [0.717, 1.165) is 22.4 Å². The number of benzene rings is 1. The molecule has 0 radical (unpaired) electrons. The lowest BCUT2D eigenvalue weighted by Crippen LogP contribution is -2.50. The van der Waals surface area contributed by atoms with Gasteiger partial charge in [-0.2, -0.15) is 18.3 Å². The summed E-state index contributed by atoms with van der Waals surface area (Å²) in [7, 11) is 0. The Morgan fingerprint density at radius 1 is 1.14 bits per heavy atom. The Hall–Kier alpha value is -3.40. The Bertz CT molecular complexity index is 1130. The lowest BCUT2D eigenvalue weighted by atomic mass is 9.96. The number of aromatic nitrogens is 3. The number of alkyl halides is 3. The fraction of sp³-hybridized carbons (Fsp3) is 0.400. The first-order valence-corrected chi connectivity index (χ1v) is 11.5. The highest BCUT2D eigenvalue weighted by Crippen LogP contribution is 2.44. The van der Waals surface area contributed by atoms with E-state index in [2.05, 4.69) is 26.0 Å². The number of nitrogens with one attached hydrogen (secondary N) is 3. The third kappa shape index (κ3) is 6.00. The van der Waals surface area contributed by atoms with Gasteiger partial charge in [0.1, 0.15) is 11.4 Å². The van der Waals surface area contributed by atoms with Crippen molar-refractivity contribution >= 4 is 11.7 Å². The molecule has 0 fully saturated rings. The monoisotopic (exact) mass is 486 g/mol. The van der Waals surface area contributed by atoms with Gasteiger partial charge >= 0.3 is 6.18 Å². The Balaban J connectivity index is 1.45. The standard InChI is InChI=1S/C25H29F3N6O/c1-24(2,16-29-13-11-18-10-6-7-12-30-18)33-23(35)19-15-31-34-21(25(26,27)28)14-20(32-22(19)34)17-8-4-3-5-9-17/h3-10,12,15,20-21,29,32H,11,13-14,16H2,1-2H3,(H,33,35). The minimum Gasteiger partial charge on any atom is -0.363 e. The van der Waals surface area contributed by atoms with Gasteiger partial charge in [-0.05, 0) is 31.5 Å². The Morgan fingerprint density at radius 2 is 1.89 bits per heavy atom. The predicted molar refractivity (Wildman–Crippen MR) is 127 cm³/mol. The average Bonchev–Trinajstić information content (AvgIpc) is 3.26. The normalized spacial score (nSPS) is 18.0. The maximum absolute atomic E-state index is 13.9. The van der Waals surface area contributed by atoms with Crippen LogP contribution in [0, 0.1) is 0 Å². The van der Waals surface area contributed by atoms with Crippen molar-refractivity contribution in [3.8, 4) is 0 Å². The molecule has 7 nitrogen and oxygen atoms in total. The minimum atomic E-state index is -4.50. The van der Waals surface area contributed by atoms with Crippen molar-refractivity contribution in [2.45, 2.75) is 50.5 Å². The number of amides is 1. The van der Waals surface area contributed by atoms with E-state index in [4.69, 9.17) is 0 Å². The molecule has 2 aromatic heterocycles. The van der Waals surface area contributed by atoms with Gasteiger partial charge in [0.15, 0.2) is 6.04 Å². The topological polar surface area (TPSA) is 83.9 Å². The van der Waals surface area contributed by atoms with Crippen molar-refractivity contribution in [1.82, 2.24) is 25.4 Å². The van der Waals surface area contributed by atoms with Crippen molar-refractivity contribution in [3.05, 3.63) is 77.7 Å². The zero-order valence-electron chi connectivity index (χ0n) is 19.6. The molecule has 0 saturated heterocycles. The van der Waals surface area contributed by atoms with Crippen LogP contribution in [-0.2, 0) is 6.42 Å². The Kier molecular flexibility index (Phi) is 7.11. The van der Waals surface area contributed by atoms with Crippen LogP contribution >= 0.6 is 0 Å². The molecule has 0 saturated carbocycles. The van der Waals surface area contributed by atoms with Crippen LogP contribution in [0.1, 0.15) is 54.0 Å². The molecule has 35 heavy (non-hydrogen) atoms. The maximum Gasteiger partial charge on any atom is 0.410 e. The fourth-order valence-corrected chi connectivity index (χ4v) is 4.21. The van der Waals surface area contributed by atoms with Crippen LogP contribution in [0.3, 0.4) is 0 Å². The number of hydrogen-bond acceptors (Lipinski definition) is 5. The highest BCUT2D eigenvalue weighted by molar-refractivity contribution is 5.99. The predicted octanol–water partition coefficient (Wildman–Crippen LogP) is 4.28. The summed E-state index contributed by atoms with van der Waals surface area (Å²) in [5, 5.41) is 13.3. The smallest absolute Gasteiger partial charge is 0.363 e. The number of rotatable bonds is 8. The molecule has 0 bridgehead atoms. The quantitative estimate of drug-likeness (QED) is 0.414. The summed E-state index contributed by atoms with van der Waals surface area (Å²) in [6.45, 7) is 4.86.